The highest BCUT2D eigenvalue weighted by molar-refractivity contribution is 8.76. The average molecular weight is 1040 g/mol. The Balaban J connectivity index is 1.19. The summed E-state index contributed by atoms with van der Waals surface area (Å²) in [7, 11) is 9.22. The summed E-state index contributed by atoms with van der Waals surface area (Å²) in [6, 6.07) is 2.52. The molecule has 0 saturated carbocycles. The summed E-state index contributed by atoms with van der Waals surface area (Å²) >= 11 is 6.81. The van der Waals surface area contributed by atoms with Gasteiger partial charge >= 0.3 is 12.1 Å². The van der Waals surface area contributed by atoms with E-state index in [1.54, 1.807) is 73.7 Å². The van der Waals surface area contributed by atoms with Crippen molar-refractivity contribution in [3.63, 3.8) is 0 Å². The van der Waals surface area contributed by atoms with E-state index in [9.17, 15) is 38.7 Å². The van der Waals surface area contributed by atoms with Crippen LogP contribution in [-0.4, -0.2) is 157 Å². The Hall–Kier alpha value is -4.44. The van der Waals surface area contributed by atoms with Gasteiger partial charge < -0.3 is 43.3 Å². The van der Waals surface area contributed by atoms with Crippen LogP contribution >= 0.6 is 33.2 Å². The number of aliphatic hydroxyl groups is 1. The van der Waals surface area contributed by atoms with Gasteiger partial charge in [-0.3, -0.25) is 34.2 Å². The topological polar surface area (TPSA) is 220 Å². The van der Waals surface area contributed by atoms with Crippen molar-refractivity contribution in [2.75, 3.05) is 58.7 Å². The number of hydrogen-bond acceptors (Lipinski definition) is 16. The SMILES string of the molecule is COc1cc2cc(c1Cl)N(C)C(=O)C[C@H](OC(=O)[C@H](C)N(C)C(=O)CCC(C)SSCCCC(=O)CCOCCN1C(=O)C=CC1=O)[C@]1(C)O[C@H]1[C@H](C)[C@@H]1C[C@@](O)(NC(=O)O1)[C@H](OC)/C=C/C=C(\C)C2. The van der Waals surface area contributed by atoms with Crippen LogP contribution in [0.2, 0.25) is 5.02 Å². The Labute approximate surface area is 422 Å². The molecule has 1 unspecified atom stereocenters. The van der Waals surface area contributed by atoms with Gasteiger partial charge in [-0.05, 0) is 57.7 Å². The van der Waals surface area contributed by atoms with Crippen LogP contribution in [0.5, 0.6) is 5.75 Å². The van der Waals surface area contributed by atoms with Crippen LogP contribution in [-0.2, 0) is 58.9 Å². The van der Waals surface area contributed by atoms with Crippen molar-refractivity contribution in [2.24, 2.45) is 5.92 Å². The van der Waals surface area contributed by atoms with Crippen LogP contribution < -0.4 is 15.0 Å². The van der Waals surface area contributed by atoms with Crippen LogP contribution in [0, 0.1) is 5.92 Å². The number of epoxide rings is 1. The van der Waals surface area contributed by atoms with Crippen LogP contribution in [0.4, 0.5) is 10.5 Å². The van der Waals surface area contributed by atoms with Gasteiger partial charge in [-0.2, -0.15) is 0 Å². The first-order valence-electron chi connectivity index (χ1n) is 23.4. The molecule has 4 heterocycles. The van der Waals surface area contributed by atoms with Crippen molar-refractivity contribution in [1.29, 1.82) is 0 Å². The van der Waals surface area contributed by atoms with Crippen molar-refractivity contribution in [1.82, 2.24) is 15.1 Å². The second-order valence-electron chi connectivity index (χ2n) is 18.3. The van der Waals surface area contributed by atoms with Gasteiger partial charge in [0.05, 0.1) is 45.1 Å². The number of esters is 1. The number of nitrogens with zero attached hydrogens (tertiary/aromatic N) is 3. The normalized spacial score (nSPS) is 27.9. The second kappa shape index (κ2) is 25.3. The lowest BCUT2D eigenvalue weighted by molar-refractivity contribution is -0.162. The van der Waals surface area contributed by atoms with Crippen molar-refractivity contribution in [3.05, 3.63) is 58.7 Å². The van der Waals surface area contributed by atoms with Gasteiger partial charge in [-0.25, -0.2) is 9.59 Å². The summed E-state index contributed by atoms with van der Waals surface area (Å²) in [4.78, 5) is 94.2. The number of rotatable bonds is 20. The first-order chi connectivity index (χ1) is 33.1. The van der Waals surface area contributed by atoms with Crippen LogP contribution in [0.25, 0.3) is 0 Å². The van der Waals surface area contributed by atoms with Crippen LogP contribution in [0.3, 0.4) is 0 Å². The van der Waals surface area contributed by atoms with Gasteiger partial charge in [0.25, 0.3) is 11.8 Å². The Bertz CT molecular complexity index is 2190. The maximum atomic E-state index is 14.3. The largest absolute Gasteiger partial charge is 0.495 e. The highest BCUT2D eigenvalue weighted by Crippen LogP contribution is 2.49. The maximum Gasteiger partial charge on any atom is 0.409 e. The minimum absolute atomic E-state index is 0.0620. The van der Waals surface area contributed by atoms with Crippen LogP contribution in [0.1, 0.15) is 85.1 Å². The lowest BCUT2D eigenvalue weighted by atomic mass is 9.83. The van der Waals surface area contributed by atoms with E-state index < -0.39 is 65.7 Å². The number of Topliss-reactive ketones (excluding diaryl/α,β-unsaturated/α-hetero) is 1. The molecule has 0 aromatic heterocycles. The minimum Gasteiger partial charge on any atom is -0.495 e. The number of likely N-dealkylation sites (N-methyl/N-ethyl adjacent to an activating group) is 1. The molecule has 0 radical (unpaired) electrons. The third kappa shape index (κ3) is 14.6. The lowest BCUT2D eigenvalue weighted by Gasteiger charge is -2.42. The summed E-state index contributed by atoms with van der Waals surface area (Å²) < 4.78 is 34.9. The van der Waals surface area contributed by atoms with Gasteiger partial charge in [-0.15, -0.1) is 0 Å². The van der Waals surface area contributed by atoms with Gasteiger partial charge in [0, 0.05) is 76.0 Å². The molecule has 0 aliphatic carbocycles. The fourth-order valence-corrected chi connectivity index (χ4v) is 11.2. The van der Waals surface area contributed by atoms with Crippen LogP contribution in [0.15, 0.2) is 48.1 Å². The number of nitrogens with one attached hydrogen (secondary N) is 1. The van der Waals surface area contributed by atoms with Gasteiger partial charge in [0.2, 0.25) is 11.8 Å². The number of carbonyl (C=O) groups is 7. The first-order valence-corrected chi connectivity index (χ1v) is 26.1. The number of methoxy groups -OCH3 is 2. The van der Waals surface area contributed by atoms with Gasteiger partial charge in [-0.1, -0.05) is 70.8 Å². The van der Waals surface area contributed by atoms with E-state index in [0.717, 1.165) is 21.8 Å². The molecule has 2 N–H and O–H groups in total. The number of fused-ring (bicyclic) bond motifs is 5. The molecule has 4 aliphatic heterocycles. The molecule has 1 aromatic rings. The summed E-state index contributed by atoms with van der Waals surface area (Å²) in [5.74, 6) is -1.66. The predicted octanol–water partition coefficient (Wildman–Crippen LogP) is 5.75. The quantitative estimate of drug-likeness (QED) is 0.0523. The van der Waals surface area contributed by atoms with Gasteiger partial charge in [0.15, 0.2) is 5.72 Å². The molecule has 70 heavy (non-hydrogen) atoms. The van der Waals surface area contributed by atoms with Crippen molar-refractivity contribution in [2.45, 2.75) is 133 Å². The zero-order chi connectivity index (χ0) is 51.5. The van der Waals surface area contributed by atoms with Crippen molar-refractivity contribution < 1.29 is 67.1 Å². The minimum atomic E-state index is -1.86. The number of amides is 5. The summed E-state index contributed by atoms with van der Waals surface area (Å²) in [5.41, 5.74) is -1.06. The first kappa shape index (κ1) is 56.5. The van der Waals surface area contributed by atoms with E-state index in [-0.39, 0.29) is 79.2 Å². The van der Waals surface area contributed by atoms with Crippen molar-refractivity contribution >= 4 is 80.4 Å². The number of alkyl carbamates (subject to hydrolysis) is 1. The van der Waals surface area contributed by atoms with E-state index >= 15 is 0 Å². The summed E-state index contributed by atoms with van der Waals surface area (Å²) in [6.07, 6.45) is 5.09. The number of ketones is 1. The van der Waals surface area contributed by atoms with E-state index in [2.05, 4.69) is 5.32 Å². The molecular formula is C49H67ClN4O14S2. The molecule has 18 nitrogen and oxygen atoms in total. The zero-order valence-electron chi connectivity index (χ0n) is 41.4. The Morgan fingerprint density at radius 3 is 2.47 bits per heavy atom. The summed E-state index contributed by atoms with van der Waals surface area (Å²) in [5, 5.41) is 14.6. The van der Waals surface area contributed by atoms with Crippen molar-refractivity contribution in [3.8, 4) is 5.75 Å². The molecule has 2 saturated heterocycles. The molecule has 0 spiro atoms. The number of allylic oxidation sites excluding steroid dienone is 3. The zero-order valence-corrected chi connectivity index (χ0v) is 43.7. The fourth-order valence-electron chi connectivity index (χ4n) is 8.48. The second-order valence-corrected chi connectivity index (χ2v) is 21.6. The number of carbonyl (C=O) groups excluding carboxylic acids is 7. The Kier molecular flexibility index (Phi) is 20.4. The van der Waals surface area contributed by atoms with E-state index in [4.69, 9.17) is 40.0 Å². The molecule has 5 amide bonds. The molecule has 2 fully saturated rings. The molecule has 386 valence electrons. The summed E-state index contributed by atoms with van der Waals surface area (Å²) in [6.45, 7) is 9.49. The van der Waals surface area contributed by atoms with Gasteiger partial charge in [0.1, 0.15) is 46.5 Å². The highest BCUT2D eigenvalue weighted by Gasteiger charge is 2.64. The fraction of sp³-hybridized carbons (Fsp3) is 0.612. The third-order valence-corrected chi connectivity index (χ3v) is 16.5. The van der Waals surface area contributed by atoms with E-state index in [1.165, 1.54) is 43.2 Å². The molecule has 9 atom stereocenters. The smallest absolute Gasteiger partial charge is 0.409 e. The highest BCUT2D eigenvalue weighted by atomic mass is 35.5. The Morgan fingerprint density at radius 1 is 1.07 bits per heavy atom. The van der Waals surface area contributed by atoms with E-state index in [1.807, 2.05) is 19.9 Å². The molecule has 4 aliphatic rings. The molecule has 1 aromatic carbocycles. The predicted molar refractivity (Wildman–Crippen MR) is 265 cm³/mol. The number of hydrogen-bond donors (Lipinski definition) is 2. The third-order valence-electron chi connectivity index (χ3n) is 13.1. The number of ether oxygens (including phenoxy) is 6. The standard InChI is InChI=1S/C49H67ClN4O14S2/c1-29-12-10-14-38(64-9)49(62)28-37(66-47(61)51-49)31(3)45-48(5,68-45)39(27-43(59)53(7)35-25-33(24-29)26-36(63-8)44(35)50)67-46(60)32(4)52(6)40(56)16-15-30(2)70-69-23-11-13-34(55)19-21-65-22-20-54-41(57)17-18-42(54)58/h10,12,14,17-18,25-26,30-32,37-39,45,62H,11,13,15-16,19-24,27-28H2,1-9H3,(H,51,61)/b14-10+,29-12+/t30?,31-,32+,37+,38-,39+,45+,48+,49+/m1/s1. The molecule has 4 bridgehead atoms. The van der Waals surface area contributed by atoms with E-state index in [0.29, 0.717) is 37.1 Å². The molecule has 5 rings (SSSR count). The maximum absolute atomic E-state index is 14.3. The Morgan fingerprint density at radius 2 is 1.79 bits per heavy atom. The number of benzene rings is 1. The molecule has 21 heteroatoms. The lowest BCUT2D eigenvalue weighted by Crippen LogP contribution is -2.63. The average Bonchev–Trinajstić information content (AvgIpc) is 3.92. The number of halogens is 1. The number of imide groups is 1. The molecular weight excluding hydrogens is 968 g/mol. The number of anilines is 1. The monoisotopic (exact) mass is 1030 g/mol.